The highest BCUT2D eigenvalue weighted by molar-refractivity contribution is 6.09. The summed E-state index contributed by atoms with van der Waals surface area (Å²) < 4.78 is 24.0. The van der Waals surface area contributed by atoms with E-state index in [4.69, 9.17) is 15.2 Å². The van der Waals surface area contributed by atoms with Gasteiger partial charge >= 0.3 is 0 Å². The summed E-state index contributed by atoms with van der Waals surface area (Å²) in [6.07, 6.45) is 0. The second-order valence-electron chi connectivity index (χ2n) is 4.14. The van der Waals surface area contributed by atoms with E-state index in [2.05, 4.69) is 0 Å². The van der Waals surface area contributed by atoms with Gasteiger partial charge in [-0.15, -0.1) is 0 Å². The number of hydrogen-bond acceptors (Lipinski definition) is 4. The van der Waals surface area contributed by atoms with Crippen LogP contribution in [0.4, 0.5) is 10.1 Å². The van der Waals surface area contributed by atoms with Gasteiger partial charge in [-0.3, -0.25) is 4.79 Å². The third-order valence-corrected chi connectivity index (χ3v) is 2.89. The minimum Gasteiger partial charge on any atom is -0.493 e. The first-order valence-electron chi connectivity index (χ1n) is 5.88. The Balaban J connectivity index is 2.46. The molecule has 0 atom stereocenters. The number of nitrogen functional groups attached to an aromatic ring is 1. The highest BCUT2D eigenvalue weighted by Gasteiger charge is 2.18. The number of carbonyl (C=O) groups is 1. The van der Waals surface area contributed by atoms with E-state index >= 15 is 0 Å². The third-order valence-electron chi connectivity index (χ3n) is 2.89. The molecule has 0 fully saturated rings. The van der Waals surface area contributed by atoms with Crippen LogP contribution in [0.1, 0.15) is 15.9 Å². The van der Waals surface area contributed by atoms with Crippen LogP contribution in [-0.2, 0) is 0 Å². The Hall–Kier alpha value is -2.56. The number of hydrogen-bond donors (Lipinski definition) is 1. The molecule has 20 heavy (non-hydrogen) atoms. The molecule has 0 aliphatic heterocycles. The van der Waals surface area contributed by atoms with Crippen molar-refractivity contribution >= 4 is 11.5 Å². The van der Waals surface area contributed by atoms with Gasteiger partial charge < -0.3 is 15.2 Å². The molecule has 0 saturated heterocycles. The Morgan fingerprint density at radius 2 is 1.60 bits per heavy atom. The highest BCUT2D eigenvalue weighted by Crippen LogP contribution is 2.30. The van der Waals surface area contributed by atoms with Crippen LogP contribution >= 0.6 is 0 Å². The van der Waals surface area contributed by atoms with Crippen molar-refractivity contribution in [3.63, 3.8) is 0 Å². The Labute approximate surface area is 115 Å². The molecule has 0 radical (unpaired) electrons. The van der Waals surface area contributed by atoms with E-state index in [0.717, 1.165) is 6.07 Å². The maximum Gasteiger partial charge on any atom is 0.196 e. The third kappa shape index (κ3) is 2.56. The van der Waals surface area contributed by atoms with E-state index < -0.39 is 11.6 Å². The number of nitrogens with two attached hydrogens (primary N) is 1. The second kappa shape index (κ2) is 5.61. The summed E-state index contributed by atoms with van der Waals surface area (Å²) in [5.74, 6) is -0.570. The smallest absolute Gasteiger partial charge is 0.196 e. The van der Waals surface area contributed by atoms with Gasteiger partial charge in [0.2, 0.25) is 0 Å². The van der Waals surface area contributed by atoms with Gasteiger partial charge in [0.15, 0.2) is 17.3 Å². The topological polar surface area (TPSA) is 61.5 Å². The molecule has 2 aromatic carbocycles. The molecule has 0 unspecified atom stereocenters. The van der Waals surface area contributed by atoms with E-state index in [1.807, 2.05) is 0 Å². The number of carbonyl (C=O) groups excluding carboxylic acids is 1. The molecule has 0 aliphatic carbocycles. The van der Waals surface area contributed by atoms with Gasteiger partial charge in [0, 0.05) is 17.3 Å². The monoisotopic (exact) mass is 275 g/mol. The quantitative estimate of drug-likeness (QED) is 0.688. The standard InChI is InChI=1S/C15H14FNO3/c1-19-13-7-11(12(16)8-14(13)20-2)15(18)9-3-5-10(17)6-4-9/h3-8H,17H2,1-2H3. The Bertz CT molecular complexity index is 638. The highest BCUT2D eigenvalue weighted by atomic mass is 19.1. The van der Waals surface area contributed by atoms with E-state index in [9.17, 15) is 9.18 Å². The van der Waals surface area contributed by atoms with E-state index in [-0.39, 0.29) is 11.3 Å². The normalized spacial score (nSPS) is 10.2. The molecule has 0 spiro atoms. The molecule has 0 saturated carbocycles. The summed E-state index contributed by atoms with van der Waals surface area (Å²) >= 11 is 0. The van der Waals surface area contributed by atoms with Crippen molar-refractivity contribution in [2.24, 2.45) is 0 Å². The van der Waals surface area contributed by atoms with Crippen LogP contribution in [0.25, 0.3) is 0 Å². The van der Waals surface area contributed by atoms with Crippen LogP contribution < -0.4 is 15.2 Å². The Morgan fingerprint density at radius 1 is 1.05 bits per heavy atom. The first-order valence-corrected chi connectivity index (χ1v) is 5.88. The predicted octanol–water partition coefficient (Wildman–Crippen LogP) is 2.66. The summed E-state index contributed by atoms with van der Waals surface area (Å²) in [6.45, 7) is 0. The molecule has 0 amide bonds. The van der Waals surface area contributed by atoms with Crippen molar-refractivity contribution in [2.45, 2.75) is 0 Å². The van der Waals surface area contributed by atoms with Crippen molar-refractivity contribution in [3.8, 4) is 11.5 Å². The lowest BCUT2D eigenvalue weighted by molar-refractivity contribution is 0.103. The van der Waals surface area contributed by atoms with E-state index in [1.54, 1.807) is 24.3 Å². The minimum atomic E-state index is -0.663. The fourth-order valence-electron chi connectivity index (χ4n) is 1.82. The largest absolute Gasteiger partial charge is 0.493 e. The maximum atomic E-state index is 14.0. The molecule has 4 nitrogen and oxygen atoms in total. The van der Waals surface area contributed by atoms with Crippen LogP contribution in [0.15, 0.2) is 36.4 Å². The zero-order valence-corrected chi connectivity index (χ0v) is 11.1. The molecule has 0 bridgehead atoms. The zero-order chi connectivity index (χ0) is 14.7. The average Bonchev–Trinajstić information content (AvgIpc) is 2.47. The van der Waals surface area contributed by atoms with Crippen molar-refractivity contribution in [3.05, 3.63) is 53.3 Å². The molecule has 2 aromatic rings. The number of halogens is 1. The molecule has 0 aromatic heterocycles. The van der Waals surface area contributed by atoms with E-state index in [1.165, 1.54) is 20.3 Å². The maximum absolute atomic E-state index is 14.0. The Kier molecular flexibility index (Phi) is 3.89. The van der Waals surface area contributed by atoms with Gasteiger partial charge in [-0.1, -0.05) is 0 Å². The predicted molar refractivity (Wildman–Crippen MR) is 73.8 cm³/mol. The van der Waals surface area contributed by atoms with Crippen LogP contribution in [0.5, 0.6) is 11.5 Å². The number of anilines is 1. The van der Waals surface area contributed by atoms with Gasteiger partial charge in [0.1, 0.15) is 5.82 Å². The first-order chi connectivity index (χ1) is 9.56. The number of rotatable bonds is 4. The van der Waals surface area contributed by atoms with Crippen LogP contribution in [0.3, 0.4) is 0 Å². The summed E-state index contributed by atoms with van der Waals surface area (Å²) in [5.41, 5.74) is 6.37. The summed E-state index contributed by atoms with van der Waals surface area (Å²) in [4.78, 5) is 12.3. The number of benzene rings is 2. The number of ketones is 1. The van der Waals surface area contributed by atoms with Crippen molar-refractivity contribution in [1.29, 1.82) is 0 Å². The summed E-state index contributed by atoms with van der Waals surface area (Å²) in [7, 11) is 2.83. The molecule has 104 valence electrons. The molecular weight excluding hydrogens is 261 g/mol. The fourth-order valence-corrected chi connectivity index (χ4v) is 1.82. The molecule has 2 rings (SSSR count). The van der Waals surface area contributed by atoms with Crippen molar-refractivity contribution in [1.82, 2.24) is 0 Å². The molecule has 0 aliphatic rings. The van der Waals surface area contributed by atoms with Crippen molar-refractivity contribution < 1.29 is 18.7 Å². The van der Waals surface area contributed by atoms with Gasteiger partial charge in [-0.05, 0) is 30.3 Å². The number of methoxy groups -OCH3 is 2. The molecular formula is C15H14FNO3. The van der Waals surface area contributed by atoms with Crippen molar-refractivity contribution in [2.75, 3.05) is 20.0 Å². The van der Waals surface area contributed by atoms with Crippen LogP contribution in [0, 0.1) is 5.82 Å². The number of ether oxygens (including phenoxy) is 2. The lowest BCUT2D eigenvalue weighted by Crippen LogP contribution is -2.06. The lowest BCUT2D eigenvalue weighted by Gasteiger charge is -2.10. The minimum absolute atomic E-state index is 0.0765. The molecule has 0 heterocycles. The van der Waals surface area contributed by atoms with Gasteiger partial charge in [-0.25, -0.2) is 4.39 Å². The van der Waals surface area contributed by atoms with Gasteiger partial charge in [0.25, 0.3) is 0 Å². The first kappa shape index (κ1) is 13.9. The second-order valence-corrected chi connectivity index (χ2v) is 4.14. The van der Waals surface area contributed by atoms with Gasteiger partial charge in [-0.2, -0.15) is 0 Å². The van der Waals surface area contributed by atoms with Crippen LogP contribution in [0.2, 0.25) is 0 Å². The summed E-state index contributed by atoms with van der Waals surface area (Å²) in [5, 5.41) is 0. The fraction of sp³-hybridized carbons (Fsp3) is 0.133. The van der Waals surface area contributed by atoms with E-state index in [0.29, 0.717) is 17.0 Å². The molecule has 5 heteroatoms. The van der Waals surface area contributed by atoms with Crippen LogP contribution in [-0.4, -0.2) is 20.0 Å². The Morgan fingerprint density at radius 3 is 2.15 bits per heavy atom. The lowest BCUT2D eigenvalue weighted by atomic mass is 10.0. The SMILES string of the molecule is COc1cc(F)c(C(=O)c2ccc(N)cc2)cc1OC. The zero-order valence-electron chi connectivity index (χ0n) is 11.1. The van der Waals surface area contributed by atoms with Gasteiger partial charge in [0.05, 0.1) is 19.8 Å². The molecule has 2 N–H and O–H groups in total. The summed E-state index contributed by atoms with van der Waals surface area (Å²) in [6, 6.07) is 8.73. The average molecular weight is 275 g/mol.